The topological polar surface area (TPSA) is 511 Å². The van der Waals surface area contributed by atoms with Crippen LogP contribution >= 0.6 is 0 Å². The molecular formula is C28H28Na6O33S6. The van der Waals surface area contributed by atoms with E-state index in [0.29, 0.717) is 13.0 Å². The van der Waals surface area contributed by atoms with Gasteiger partial charge in [0.1, 0.15) is 59.4 Å². The molecule has 3 heterocycles. The number of methoxy groups -OCH3 is 1. The molecule has 2 fully saturated rings. The van der Waals surface area contributed by atoms with Gasteiger partial charge < -0.3 is 66.0 Å². The van der Waals surface area contributed by atoms with Crippen LogP contribution in [0.25, 0.3) is 0 Å². The number of carbonyl (C=O) groups is 1. The molecule has 3 aliphatic rings. The summed E-state index contributed by atoms with van der Waals surface area (Å²) >= 11 is 0. The van der Waals surface area contributed by atoms with Gasteiger partial charge in [-0.2, -0.15) is 0 Å². The van der Waals surface area contributed by atoms with Gasteiger partial charge in [-0.3, -0.25) is 29.9 Å². The second-order valence-corrected chi connectivity index (χ2v) is 19.6. The second kappa shape index (κ2) is 30.5. The molecule has 0 saturated carbocycles. The number of phenolic OH excluding ortho intramolecular Hbond substituents is 2. The zero-order chi connectivity index (χ0) is 50.4. The van der Waals surface area contributed by atoms with Crippen molar-refractivity contribution in [3.8, 4) is 28.7 Å². The molecule has 0 aliphatic carbocycles. The predicted octanol–water partition coefficient (Wildman–Crippen LogP) is -22.2. The van der Waals surface area contributed by atoms with Crippen molar-refractivity contribution in [2.75, 3.05) is 13.7 Å². The molecule has 11 atom stereocenters. The number of Topliss-reactive ketones (excluding diaryl/α,β-unsaturated/α-hetero) is 1. The number of carbonyl (C=O) groups excluding carboxylic acids is 1. The molecule has 380 valence electrons. The smallest absolute Gasteiger partial charge is 0.726 e. The maximum Gasteiger partial charge on any atom is 1.00 e. The van der Waals surface area contributed by atoms with Crippen LogP contribution in [0.5, 0.6) is 28.7 Å². The predicted molar refractivity (Wildman–Crippen MR) is 192 cm³/mol. The Hall–Kier alpha value is 2.21. The fourth-order valence-corrected chi connectivity index (χ4v) is 9.58. The SMILES string of the molecule is COc1ccc([C@@H]2CC(=O)c3c(O)cc(O[C@@H]4O[C@H](CO[C@@H]5O[C@@H](C)[C@H](OS(=O)(=O)[O-])[C@@H](OS(=O)(=O)[O-])[C@H]5OS(=O)(=O)[O-])[C@@H](OS(=O)(=O)[O-])[C@H](OS(=O)(=O)[O-])[C@H]4OS(=O)(=O)[O-])cc3O2)cc1O.[Na+].[Na+].[Na+].[Na+].[Na+].[Na+]. The molecule has 0 radical (unpaired) electrons. The first kappa shape index (κ1) is 77.3. The summed E-state index contributed by atoms with van der Waals surface area (Å²) in [7, 11) is -35.9. The Kier molecular flexibility index (Phi) is 32.3. The number of aromatic hydroxyl groups is 2. The van der Waals surface area contributed by atoms with Crippen molar-refractivity contribution in [2.24, 2.45) is 0 Å². The number of ether oxygens (including phenoxy) is 6. The van der Waals surface area contributed by atoms with Crippen molar-refractivity contribution in [1.29, 1.82) is 0 Å². The minimum absolute atomic E-state index is 0. The molecule has 2 saturated heterocycles. The van der Waals surface area contributed by atoms with E-state index in [4.69, 9.17) is 28.4 Å². The Bertz CT molecular complexity index is 2900. The Morgan fingerprint density at radius 1 is 0.575 bits per heavy atom. The fourth-order valence-electron chi connectivity index (χ4n) is 6.60. The molecule has 3 aliphatic heterocycles. The molecular weight excluding hydrogens is 1190 g/mol. The number of phenols is 2. The molecule has 2 aromatic carbocycles. The van der Waals surface area contributed by atoms with E-state index in [9.17, 15) is 92.8 Å². The quantitative estimate of drug-likeness (QED) is 0.0749. The summed E-state index contributed by atoms with van der Waals surface area (Å²) in [5.41, 5.74) is -0.372. The van der Waals surface area contributed by atoms with E-state index in [1.165, 1.54) is 19.2 Å². The van der Waals surface area contributed by atoms with Crippen LogP contribution in [-0.4, -0.2) is 169 Å². The Labute approximate surface area is 548 Å². The molecule has 0 amide bonds. The van der Waals surface area contributed by atoms with Crippen LogP contribution in [0.3, 0.4) is 0 Å². The number of fused-ring (bicyclic) bond motifs is 1. The van der Waals surface area contributed by atoms with Crippen molar-refractivity contribution in [2.45, 2.75) is 80.9 Å². The second-order valence-electron chi connectivity index (χ2n) is 13.5. The van der Waals surface area contributed by atoms with Crippen LogP contribution in [0.1, 0.15) is 35.4 Å². The van der Waals surface area contributed by atoms with Crippen LogP contribution in [0.15, 0.2) is 30.3 Å². The average Bonchev–Trinajstić information content (AvgIpc) is 3.12. The molecule has 33 nitrogen and oxygen atoms in total. The van der Waals surface area contributed by atoms with Gasteiger partial charge in [0.05, 0.1) is 26.2 Å². The van der Waals surface area contributed by atoms with Gasteiger partial charge in [0, 0.05) is 12.1 Å². The first-order chi connectivity index (χ1) is 30.5. The minimum Gasteiger partial charge on any atom is -0.726 e. The van der Waals surface area contributed by atoms with Gasteiger partial charge in [0.15, 0.2) is 35.8 Å². The molecule has 0 aromatic heterocycles. The van der Waals surface area contributed by atoms with Crippen molar-refractivity contribution in [3.05, 3.63) is 41.5 Å². The van der Waals surface area contributed by atoms with Crippen LogP contribution < -0.4 is 192 Å². The van der Waals surface area contributed by atoms with Crippen LogP contribution in [0.4, 0.5) is 0 Å². The minimum atomic E-state index is -6.32. The van der Waals surface area contributed by atoms with Crippen LogP contribution in [-0.2, 0) is 102 Å². The maximum atomic E-state index is 13.2. The van der Waals surface area contributed by atoms with Gasteiger partial charge in [-0.25, -0.2) is 50.5 Å². The number of rotatable bonds is 19. The monoisotopic (exact) mass is 1220 g/mol. The van der Waals surface area contributed by atoms with E-state index in [2.05, 4.69) is 25.1 Å². The normalized spacial score (nSPS) is 26.5. The first-order valence-electron chi connectivity index (χ1n) is 17.4. The Morgan fingerprint density at radius 3 is 1.48 bits per heavy atom. The molecule has 0 spiro atoms. The van der Waals surface area contributed by atoms with Crippen molar-refractivity contribution in [1.82, 2.24) is 0 Å². The summed E-state index contributed by atoms with van der Waals surface area (Å²) in [5.74, 6) is -3.55. The molecule has 73 heavy (non-hydrogen) atoms. The van der Waals surface area contributed by atoms with Gasteiger partial charge in [-0.15, -0.1) is 0 Å². The number of ketones is 1. The average molecular weight is 1220 g/mol. The number of benzene rings is 2. The summed E-state index contributed by atoms with van der Waals surface area (Å²) in [4.78, 5) is 13.2. The molecule has 5 rings (SSSR count). The molecule has 45 heteroatoms. The van der Waals surface area contributed by atoms with E-state index in [1.807, 2.05) is 0 Å². The number of hydrogen-bond acceptors (Lipinski definition) is 33. The fraction of sp³-hybridized carbons (Fsp3) is 0.536. The summed E-state index contributed by atoms with van der Waals surface area (Å²) in [6.45, 7) is -1.00. The van der Waals surface area contributed by atoms with Crippen molar-refractivity contribution in [3.63, 3.8) is 0 Å². The van der Waals surface area contributed by atoms with Gasteiger partial charge in [-0.05, 0) is 24.6 Å². The largest absolute Gasteiger partial charge is 1.00 e. The summed E-state index contributed by atoms with van der Waals surface area (Å²) in [5, 5.41) is 21.1. The van der Waals surface area contributed by atoms with Gasteiger partial charge in [0.25, 0.3) is 0 Å². The van der Waals surface area contributed by atoms with E-state index in [0.717, 1.165) is 12.1 Å². The summed E-state index contributed by atoms with van der Waals surface area (Å²) in [6.07, 6.45) is -30.4. The maximum absolute atomic E-state index is 13.2. The van der Waals surface area contributed by atoms with Crippen molar-refractivity contribution < 1.29 is 324 Å². The van der Waals surface area contributed by atoms with E-state index in [1.54, 1.807) is 0 Å². The Morgan fingerprint density at radius 2 is 1.01 bits per heavy atom. The molecule has 0 bridgehead atoms. The zero-order valence-corrected chi connectivity index (χ0v) is 55.6. The van der Waals surface area contributed by atoms with E-state index in [-0.39, 0.29) is 189 Å². The summed E-state index contributed by atoms with van der Waals surface area (Å²) < 4.78 is 269. The van der Waals surface area contributed by atoms with E-state index < -0.39 is 177 Å². The molecule has 0 unspecified atom stereocenters. The first-order valence-corrected chi connectivity index (χ1v) is 25.4. The third kappa shape index (κ3) is 23.5. The Balaban J connectivity index is 0. The molecule has 2 N–H and O–H groups in total. The van der Waals surface area contributed by atoms with Crippen molar-refractivity contribution >= 4 is 68.2 Å². The molecule has 2 aromatic rings. The number of hydrogen-bond donors (Lipinski definition) is 2. The van der Waals surface area contributed by atoms with Crippen LogP contribution in [0, 0.1) is 0 Å². The van der Waals surface area contributed by atoms with Gasteiger partial charge in [-0.1, -0.05) is 6.07 Å². The van der Waals surface area contributed by atoms with Gasteiger partial charge in [0.2, 0.25) is 68.7 Å². The van der Waals surface area contributed by atoms with E-state index >= 15 is 0 Å². The van der Waals surface area contributed by atoms with Crippen LogP contribution in [0.2, 0.25) is 0 Å². The zero-order valence-electron chi connectivity index (χ0n) is 38.7. The van der Waals surface area contributed by atoms with Gasteiger partial charge >= 0.3 is 177 Å². The third-order valence-electron chi connectivity index (χ3n) is 8.92. The standard InChI is InChI=1S/C28H34O33S6.6Na/c1-10-21(56-62(32,33)34)23(58-64(38,39)40)25(60-66(44,45)46)27(52-10)51-9-19-22(57-63(35,36)37)24(59-65(41,42)43)26(61-67(47,48)49)28(55-19)53-12-6-14(30)20-15(31)8-17(54-18(20)7-12)11-3-4-16(50-2)13(29)5-11;;;;;;/h3-7,10,17,19,21-30H,8-9H2,1-2H3,(H,32,33,34)(H,35,36,37)(H,38,39,40)(H,41,42,43)(H,44,45,46)(H,47,48,49);;;;;;/q;6*+1/p-6/t10-,17-,19+,21-,22+,23+,24-,25+,26+,27+,28+;;;;;;/m0....../s1. The third-order valence-corrected chi connectivity index (χ3v) is 11.7. The summed E-state index contributed by atoms with van der Waals surface area (Å²) in [6, 6.07) is 5.14.